The van der Waals surface area contributed by atoms with Crippen molar-refractivity contribution in [1.82, 2.24) is 0 Å². The molecule has 0 aliphatic heterocycles. The molecule has 0 rings (SSSR count). The van der Waals surface area contributed by atoms with Crippen molar-refractivity contribution in [3.63, 3.8) is 0 Å². The second-order valence-corrected chi connectivity index (χ2v) is 5.27. The van der Waals surface area contributed by atoms with Crippen LogP contribution in [0.1, 0.15) is 26.2 Å². The number of sulfone groups is 1. The van der Waals surface area contributed by atoms with Crippen LogP contribution in [0.4, 0.5) is 0 Å². The molecule has 0 fully saturated rings. The van der Waals surface area contributed by atoms with Crippen LogP contribution in [0.3, 0.4) is 0 Å². The lowest BCUT2D eigenvalue weighted by Gasteiger charge is -1.95. The molecular formula is C9H16O3S. The molecule has 0 atom stereocenters. The average Bonchev–Trinajstić information content (AvgIpc) is 1.98. The van der Waals surface area contributed by atoms with Gasteiger partial charge in [-0.3, -0.25) is 4.79 Å². The molecule has 0 saturated carbocycles. The quantitative estimate of drug-likeness (QED) is 0.614. The van der Waals surface area contributed by atoms with E-state index in [0.717, 1.165) is 6.42 Å². The summed E-state index contributed by atoms with van der Waals surface area (Å²) < 4.78 is 21.4. The molecule has 0 bridgehead atoms. The van der Waals surface area contributed by atoms with Gasteiger partial charge in [-0.05, 0) is 18.9 Å². The summed E-state index contributed by atoms with van der Waals surface area (Å²) in [6.45, 7) is 1.94. The zero-order valence-electron chi connectivity index (χ0n) is 8.12. The van der Waals surface area contributed by atoms with Gasteiger partial charge in [0.15, 0.2) is 5.78 Å². The molecular weight excluding hydrogens is 188 g/mol. The van der Waals surface area contributed by atoms with Crippen LogP contribution < -0.4 is 0 Å². The Labute approximate surface area is 79.8 Å². The van der Waals surface area contributed by atoms with Crippen molar-refractivity contribution < 1.29 is 13.2 Å². The van der Waals surface area contributed by atoms with E-state index < -0.39 is 9.84 Å². The Morgan fingerprint density at radius 3 is 2.46 bits per heavy atom. The molecule has 0 unspecified atom stereocenters. The second kappa shape index (κ2) is 5.91. The summed E-state index contributed by atoms with van der Waals surface area (Å²) in [5.74, 6) is 0.101. The van der Waals surface area contributed by atoms with Crippen molar-refractivity contribution in [3.8, 4) is 0 Å². The number of rotatable bonds is 6. The van der Waals surface area contributed by atoms with Crippen LogP contribution in [0.5, 0.6) is 0 Å². The predicted octanol–water partition coefficient (Wildman–Crippen LogP) is 1.35. The first-order chi connectivity index (χ1) is 5.95. The second-order valence-electron chi connectivity index (χ2n) is 3.01. The Kier molecular flexibility index (Phi) is 5.62. The summed E-state index contributed by atoms with van der Waals surface area (Å²) in [6, 6.07) is 0. The summed E-state index contributed by atoms with van der Waals surface area (Å²) in [4.78, 5) is 11.0. The number of carbonyl (C=O) groups is 1. The van der Waals surface area contributed by atoms with E-state index in [1.807, 2.05) is 6.92 Å². The highest BCUT2D eigenvalue weighted by Crippen LogP contribution is 1.97. The van der Waals surface area contributed by atoms with E-state index in [4.69, 9.17) is 0 Å². The molecule has 13 heavy (non-hydrogen) atoms. The normalized spacial score (nSPS) is 12.2. The van der Waals surface area contributed by atoms with Gasteiger partial charge in [-0.15, -0.1) is 0 Å². The van der Waals surface area contributed by atoms with E-state index >= 15 is 0 Å². The van der Waals surface area contributed by atoms with Gasteiger partial charge in [0.25, 0.3) is 0 Å². The standard InChI is InChI=1S/C9H16O3S/c1-3-4-6-9(10)7-5-8-13(2,11)12/h4,6H,3,5,7-8H2,1-2H3/b6-4+. The van der Waals surface area contributed by atoms with Gasteiger partial charge in [0.2, 0.25) is 0 Å². The maximum absolute atomic E-state index is 11.0. The first kappa shape index (κ1) is 12.4. The van der Waals surface area contributed by atoms with Gasteiger partial charge in [0.1, 0.15) is 9.84 Å². The van der Waals surface area contributed by atoms with Gasteiger partial charge < -0.3 is 0 Å². The summed E-state index contributed by atoms with van der Waals surface area (Å²) in [5, 5.41) is 0. The molecule has 0 heterocycles. The number of hydrogen-bond acceptors (Lipinski definition) is 3. The van der Waals surface area contributed by atoms with E-state index in [0.29, 0.717) is 12.8 Å². The van der Waals surface area contributed by atoms with Crippen molar-refractivity contribution in [1.29, 1.82) is 0 Å². The zero-order valence-corrected chi connectivity index (χ0v) is 8.93. The molecule has 0 saturated heterocycles. The first-order valence-electron chi connectivity index (χ1n) is 4.33. The maximum atomic E-state index is 11.0. The van der Waals surface area contributed by atoms with Crippen LogP contribution in [-0.4, -0.2) is 26.2 Å². The third kappa shape index (κ3) is 9.27. The Morgan fingerprint density at radius 1 is 1.38 bits per heavy atom. The van der Waals surface area contributed by atoms with Gasteiger partial charge in [-0.25, -0.2) is 8.42 Å². The minimum Gasteiger partial charge on any atom is -0.295 e. The molecule has 0 aliphatic rings. The van der Waals surface area contributed by atoms with E-state index in [9.17, 15) is 13.2 Å². The van der Waals surface area contributed by atoms with Crippen LogP contribution in [0.2, 0.25) is 0 Å². The van der Waals surface area contributed by atoms with Crippen LogP contribution in [0.15, 0.2) is 12.2 Å². The van der Waals surface area contributed by atoms with Crippen molar-refractivity contribution in [2.24, 2.45) is 0 Å². The first-order valence-corrected chi connectivity index (χ1v) is 6.39. The van der Waals surface area contributed by atoms with Crippen molar-refractivity contribution in [2.45, 2.75) is 26.2 Å². The predicted molar refractivity (Wildman–Crippen MR) is 53.4 cm³/mol. The molecule has 3 nitrogen and oxygen atoms in total. The molecule has 0 amide bonds. The van der Waals surface area contributed by atoms with Gasteiger partial charge in [0, 0.05) is 12.7 Å². The van der Waals surface area contributed by atoms with Crippen LogP contribution in [0, 0.1) is 0 Å². The van der Waals surface area contributed by atoms with Gasteiger partial charge >= 0.3 is 0 Å². The van der Waals surface area contributed by atoms with E-state index in [1.54, 1.807) is 6.08 Å². The monoisotopic (exact) mass is 204 g/mol. The van der Waals surface area contributed by atoms with E-state index in [1.165, 1.54) is 12.3 Å². The fourth-order valence-electron chi connectivity index (χ4n) is 0.841. The zero-order chi connectivity index (χ0) is 10.3. The topological polar surface area (TPSA) is 51.2 Å². The summed E-state index contributed by atoms with van der Waals surface area (Å²) >= 11 is 0. The summed E-state index contributed by atoms with van der Waals surface area (Å²) in [5.41, 5.74) is 0. The van der Waals surface area contributed by atoms with Gasteiger partial charge in [-0.1, -0.05) is 13.0 Å². The van der Waals surface area contributed by atoms with Crippen molar-refractivity contribution in [2.75, 3.05) is 12.0 Å². The Balaban J connectivity index is 3.66. The van der Waals surface area contributed by atoms with Crippen molar-refractivity contribution in [3.05, 3.63) is 12.2 Å². The fourth-order valence-corrected chi connectivity index (χ4v) is 1.51. The molecule has 0 radical (unpaired) electrons. The highest BCUT2D eigenvalue weighted by Gasteiger charge is 2.03. The van der Waals surface area contributed by atoms with E-state index in [-0.39, 0.29) is 11.5 Å². The molecule has 0 aromatic heterocycles. The van der Waals surface area contributed by atoms with Crippen molar-refractivity contribution >= 4 is 15.6 Å². The van der Waals surface area contributed by atoms with Gasteiger partial charge in [-0.2, -0.15) is 0 Å². The minimum absolute atomic E-state index is 0.00509. The average molecular weight is 204 g/mol. The number of carbonyl (C=O) groups excluding carboxylic acids is 1. The molecule has 0 spiro atoms. The molecule has 0 aromatic carbocycles. The Bertz CT molecular complexity index is 275. The summed E-state index contributed by atoms with van der Waals surface area (Å²) in [7, 11) is -2.92. The molecule has 0 aromatic rings. The van der Waals surface area contributed by atoms with Crippen LogP contribution >= 0.6 is 0 Å². The smallest absolute Gasteiger partial charge is 0.155 e. The highest BCUT2D eigenvalue weighted by atomic mass is 32.2. The van der Waals surface area contributed by atoms with E-state index in [2.05, 4.69) is 0 Å². The lowest BCUT2D eigenvalue weighted by atomic mass is 10.2. The lowest BCUT2D eigenvalue weighted by molar-refractivity contribution is -0.114. The third-order valence-corrected chi connectivity index (χ3v) is 2.51. The lowest BCUT2D eigenvalue weighted by Crippen LogP contribution is -2.04. The SMILES string of the molecule is CC/C=C/C(=O)CCCS(C)(=O)=O. The summed E-state index contributed by atoms with van der Waals surface area (Å²) in [6.07, 6.45) is 6.05. The highest BCUT2D eigenvalue weighted by molar-refractivity contribution is 7.90. The molecule has 4 heteroatoms. The van der Waals surface area contributed by atoms with Crippen LogP contribution in [0.25, 0.3) is 0 Å². The van der Waals surface area contributed by atoms with Crippen LogP contribution in [-0.2, 0) is 14.6 Å². The fraction of sp³-hybridized carbons (Fsp3) is 0.667. The largest absolute Gasteiger partial charge is 0.295 e. The molecule has 76 valence electrons. The molecule has 0 aliphatic carbocycles. The molecule has 0 N–H and O–H groups in total. The Hall–Kier alpha value is -0.640. The third-order valence-electron chi connectivity index (χ3n) is 1.48. The number of hydrogen-bond donors (Lipinski definition) is 0. The maximum Gasteiger partial charge on any atom is 0.155 e. The number of allylic oxidation sites excluding steroid dienone is 2. The number of ketones is 1. The van der Waals surface area contributed by atoms with Gasteiger partial charge in [0.05, 0.1) is 5.75 Å². The Morgan fingerprint density at radius 2 is 2.00 bits per heavy atom. The minimum atomic E-state index is -2.92.